The Labute approximate surface area is 199 Å². The molecule has 0 unspecified atom stereocenters. The average Bonchev–Trinajstić information content (AvgIpc) is 3.15. The Morgan fingerprint density at radius 3 is 2.45 bits per heavy atom. The molecule has 0 saturated heterocycles. The van der Waals surface area contributed by atoms with Crippen LogP contribution in [-0.2, 0) is 17.6 Å². The second-order valence-electron chi connectivity index (χ2n) is 9.12. The van der Waals surface area contributed by atoms with E-state index in [4.69, 9.17) is 9.84 Å². The number of halogens is 3. The molecule has 0 aromatic heterocycles. The van der Waals surface area contributed by atoms with Gasteiger partial charge in [0.15, 0.2) is 11.6 Å². The first-order valence-electron chi connectivity index (χ1n) is 10.7. The molecule has 0 spiro atoms. The van der Waals surface area contributed by atoms with Crippen LogP contribution in [0.25, 0.3) is 6.08 Å². The first kappa shape index (κ1) is 26.8. The first-order valence-corrected chi connectivity index (χ1v) is 10.7. The maximum atomic E-state index is 14.0. The zero-order valence-electron chi connectivity index (χ0n) is 18.8. The average molecular weight is 483 g/mol. The Bertz CT molecular complexity index is 971. The van der Waals surface area contributed by atoms with E-state index in [9.17, 15) is 18.7 Å². The first-order chi connectivity index (χ1) is 15.1. The van der Waals surface area contributed by atoms with E-state index < -0.39 is 23.7 Å². The summed E-state index contributed by atoms with van der Waals surface area (Å²) in [6, 6.07) is 10.6. The van der Waals surface area contributed by atoms with Crippen LogP contribution in [0.15, 0.2) is 42.5 Å². The number of carboxylic acids is 1. The number of aliphatic hydroxyl groups is 1. The van der Waals surface area contributed by atoms with Gasteiger partial charge in [0.1, 0.15) is 19.3 Å². The van der Waals surface area contributed by atoms with Crippen molar-refractivity contribution in [2.45, 2.75) is 25.4 Å². The molecule has 3 rings (SSSR count). The van der Waals surface area contributed by atoms with Gasteiger partial charge in [-0.25, -0.2) is 9.18 Å². The molecule has 2 aromatic carbocycles. The van der Waals surface area contributed by atoms with Crippen molar-refractivity contribution in [2.75, 3.05) is 33.8 Å². The third kappa shape index (κ3) is 7.81. The molecule has 0 fully saturated rings. The molecule has 0 amide bonds. The second-order valence-corrected chi connectivity index (χ2v) is 9.12. The minimum absolute atomic E-state index is 0. The molecule has 1 aliphatic carbocycles. The van der Waals surface area contributed by atoms with E-state index >= 15 is 0 Å². The molecule has 5 nitrogen and oxygen atoms in total. The third-order valence-corrected chi connectivity index (χ3v) is 5.85. The number of quaternary nitrogens is 1. The molecular formula is C25H31ClF2NO4+. The Morgan fingerprint density at radius 1 is 1.21 bits per heavy atom. The lowest BCUT2D eigenvalue weighted by molar-refractivity contribution is -0.894. The standard InChI is InChI=1S/C25H29F2NO4.ClH/c1-28(2,10-9-18-11-19-5-3-4-6-20(19)12-18)15-21(29)16-32-23-14-17(7-8-24(30)31)13-22(26)25(23)27;/h3-8,13-14,18,21,29H,9-12,15-16H2,1-2H3;1H/p+1/b8-7+;/t21-;/m1./s1. The fourth-order valence-corrected chi connectivity index (χ4v) is 4.24. The van der Waals surface area contributed by atoms with Gasteiger partial charge >= 0.3 is 5.97 Å². The number of nitrogens with zero attached hydrogens (tertiary/aromatic N) is 1. The highest BCUT2D eigenvalue weighted by Gasteiger charge is 2.26. The van der Waals surface area contributed by atoms with Gasteiger partial charge in [0, 0.05) is 12.5 Å². The molecule has 180 valence electrons. The number of fused-ring (bicyclic) bond motifs is 1. The van der Waals surface area contributed by atoms with Gasteiger partial charge in [0.05, 0.1) is 20.6 Å². The van der Waals surface area contributed by atoms with Gasteiger partial charge in [-0.1, -0.05) is 24.3 Å². The summed E-state index contributed by atoms with van der Waals surface area (Å²) in [4.78, 5) is 10.6. The molecule has 0 saturated carbocycles. The van der Waals surface area contributed by atoms with Crippen LogP contribution in [0, 0.1) is 17.6 Å². The predicted molar refractivity (Wildman–Crippen MR) is 126 cm³/mol. The Kier molecular flexibility index (Phi) is 9.40. The van der Waals surface area contributed by atoms with E-state index in [0.29, 0.717) is 16.9 Å². The summed E-state index contributed by atoms with van der Waals surface area (Å²) in [5, 5.41) is 19.1. The molecule has 8 heteroatoms. The van der Waals surface area contributed by atoms with Crippen molar-refractivity contribution in [1.29, 1.82) is 0 Å². The summed E-state index contributed by atoms with van der Waals surface area (Å²) >= 11 is 0. The van der Waals surface area contributed by atoms with Crippen molar-refractivity contribution in [3.8, 4) is 5.75 Å². The SMILES string of the molecule is C[N+](C)(CCC1Cc2ccccc2C1)C[C@@H](O)COc1cc(/C=C/C(=O)O)cc(F)c1F.Cl. The van der Waals surface area contributed by atoms with Gasteiger partial charge < -0.3 is 19.4 Å². The van der Waals surface area contributed by atoms with Crippen molar-refractivity contribution in [3.63, 3.8) is 0 Å². The Morgan fingerprint density at radius 2 is 1.85 bits per heavy atom. The number of benzene rings is 2. The highest BCUT2D eigenvalue weighted by atomic mass is 35.5. The highest BCUT2D eigenvalue weighted by Crippen LogP contribution is 2.29. The molecule has 0 bridgehead atoms. The molecule has 1 atom stereocenters. The largest absolute Gasteiger partial charge is 0.487 e. The van der Waals surface area contributed by atoms with Gasteiger partial charge in [-0.05, 0) is 53.7 Å². The van der Waals surface area contributed by atoms with Crippen LogP contribution in [-0.4, -0.2) is 60.6 Å². The van der Waals surface area contributed by atoms with Crippen molar-refractivity contribution in [1.82, 2.24) is 0 Å². The summed E-state index contributed by atoms with van der Waals surface area (Å²) in [5.74, 6) is -3.27. The fraction of sp³-hybridized carbons (Fsp3) is 0.400. The number of aliphatic carboxylic acids is 1. The number of aliphatic hydroxyl groups excluding tert-OH is 1. The maximum Gasteiger partial charge on any atom is 0.328 e. The predicted octanol–water partition coefficient (Wildman–Crippen LogP) is 4.11. The maximum absolute atomic E-state index is 14.0. The lowest BCUT2D eigenvalue weighted by atomic mass is 10.0. The molecule has 1 aliphatic rings. The molecule has 0 heterocycles. The number of ether oxygens (including phenoxy) is 1. The monoisotopic (exact) mass is 482 g/mol. The van der Waals surface area contributed by atoms with Crippen LogP contribution in [0.3, 0.4) is 0 Å². The van der Waals surface area contributed by atoms with Crippen molar-refractivity contribution in [2.24, 2.45) is 5.92 Å². The zero-order chi connectivity index (χ0) is 23.3. The van der Waals surface area contributed by atoms with Gasteiger partial charge in [-0.15, -0.1) is 12.4 Å². The lowest BCUT2D eigenvalue weighted by Gasteiger charge is -2.32. The van der Waals surface area contributed by atoms with Crippen LogP contribution in [0.1, 0.15) is 23.1 Å². The number of hydrogen-bond acceptors (Lipinski definition) is 3. The van der Waals surface area contributed by atoms with E-state index in [2.05, 4.69) is 24.3 Å². The van der Waals surface area contributed by atoms with Crippen LogP contribution >= 0.6 is 12.4 Å². The van der Waals surface area contributed by atoms with Crippen molar-refractivity contribution in [3.05, 3.63) is 70.8 Å². The summed E-state index contributed by atoms with van der Waals surface area (Å²) in [6.45, 7) is 1.09. The fourth-order valence-electron chi connectivity index (χ4n) is 4.24. The third-order valence-electron chi connectivity index (χ3n) is 5.85. The topological polar surface area (TPSA) is 66.8 Å². The number of hydrogen-bond donors (Lipinski definition) is 2. The van der Waals surface area contributed by atoms with Crippen LogP contribution in [0.5, 0.6) is 5.75 Å². The van der Waals surface area contributed by atoms with Gasteiger partial charge in [-0.3, -0.25) is 0 Å². The van der Waals surface area contributed by atoms with E-state index in [1.165, 1.54) is 17.2 Å². The second kappa shape index (κ2) is 11.6. The normalized spacial score (nSPS) is 14.7. The molecule has 2 N–H and O–H groups in total. The summed E-state index contributed by atoms with van der Waals surface area (Å²) in [5.41, 5.74) is 3.00. The summed E-state index contributed by atoms with van der Waals surface area (Å²) in [7, 11) is 4.06. The number of likely N-dealkylation sites (N-methyl/N-ethyl adjacent to an activating group) is 1. The van der Waals surface area contributed by atoms with Crippen molar-refractivity contribution < 1.29 is 33.0 Å². The smallest absolute Gasteiger partial charge is 0.328 e. The van der Waals surface area contributed by atoms with E-state index in [1.54, 1.807) is 0 Å². The highest BCUT2D eigenvalue weighted by molar-refractivity contribution is 5.85. The Hall–Kier alpha value is -2.48. The summed E-state index contributed by atoms with van der Waals surface area (Å²) < 4.78 is 33.8. The van der Waals surface area contributed by atoms with E-state index in [1.807, 2.05) is 14.1 Å². The minimum atomic E-state index is -1.20. The lowest BCUT2D eigenvalue weighted by Crippen LogP contribution is -2.48. The Balaban J connectivity index is 0.00000385. The van der Waals surface area contributed by atoms with Gasteiger partial charge in [0.25, 0.3) is 0 Å². The number of rotatable bonds is 10. The van der Waals surface area contributed by atoms with Gasteiger partial charge in [0.2, 0.25) is 5.82 Å². The van der Waals surface area contributed by atoms with E-state index in [0.717, 1.165) is 44.0 Å². The molecular weight excluding hydrogens is 452 g/mol. The van der Waals surface area contributed by atoms with E-state index in [-0.39, 0.29) is 30.3 Å². The van der Waals surface area contributed by atoms with Crippen molar-refractivity contribution >= 4 is 24.5 Å². The van der Waals surface area contributed by atoms with Crippen LogP contribution < -0.4 is 4.74 Å². The van der Waals surface area contributed by atoms with Crippen LogP contribution in [0.2, 0.25) is 0 Å². The molecule has 33 heavy (non-hydrogen) atoms. The molecule has 0 radical (unpaired) electrons. The summed E-state index contributed by atoms with van der Waals surface area (Å²) in [6.07, 6.45) is 4.31. The minimum Gasteiger partial charge on any atom is -0.487 e. The zero-order valence-corrected chi connectivity index (χ0v) is 19.7. The quantitative estimate of drug-likeness (QED) is 0.395. The number of carboxylic acid groups (broad SMARTS) is 1. The molecule has 0 aliphatic heterocycles. The van der Waals surface area contributed by atoms with Gasteiger partial charge in [-0.2, -0.15) is 4.39 Å². The van der Waals surface area contributed by atoms with Crippen LogP contribution in [0.4, 0.5) is 8.78 Å². The molecule has 2 aromatic rings. The number of carbonyl (C=O) groups is 1.